The fourth-order valence-electron chi connectivity index (χ4n) is 2.62. The highest BCUT2D eigenvalue weighted by Crippen LogP contribution is 2.42. The summed E-state index contributed by atoms with van der Waals surface area (Å²) in [5, 5.41) is 7.84. The first-order valence-electron chi connectivity index (χ1n) is 7.99. The van der Waals surface area contributed by atoms with Gasteiger partial charge in [-0.3, -0.25) is 0 Å². The van der Waals surface area contributed by atoms with E-state index in [1.807, 2.05) is 48.8 Å². The van der Waals surface area contributed by atoms with E-state index < -0.39 is 0 Å². The average molecular weight is 309 g/mol. The third-order valence-corrected chi connectivity index (χ3v) is 3.76. The number of nitrogens with one attached hydrogen (secondary N) is 1. The van der Waals surface area contributed by atoms with Crippen LogP contribution in [0.1, 0.15) is 43.9 Å². The van der Waals surface area contributed by atoms with E-state index in [0.717, 1.165) is 16.8 Å². The number of aliphatic imine (C=N–C) groups is 1. The van der Waals surface area contributed by atoms with Gasteiger partial charge < -0.3 is 11.1 Å². The molecule has 2 aromatic heterocycles. The largest absolute Gasteiger partial charge is 0.398 e. The van der Waals surface area contributed by atoms with Crippen LogP contribution < -0.4 is 11.1 Å². The van der Waals surface area contributed by atoms with Crippen LogP contribution in [0.5, 0.6) is 0 Å². The van der Waals surface area contributed by atoms with Crippen LogP contribution in [0.25, 0.3) is 11.2 Å². The van der Waals surface area contributed by atoms with Crippen molar-refractivity contribution in [3.05, 3.63) is 54.1 Å². The van der Waals surface area contributed by atoms with Crippen LogP contribution in [-0.2, 0) is 0 Å². The van der Waals surface area contributed by atoms with Gasteiger partial charge in [-0.15, -0.1) is 0 Å². The normalized spacial score (nSPS) is 15.7. The number of pyridine rings is 1. The number of hydrogen-bond acceptors (Lipinski definition) is 4. The Balaban J connectivity index is 1.89. The second-order valence-corrected chi connectivity index (χ2v) is 6.21. The van der Waals surface area contributed by atoms with Gasteiger partial charge in [0.05, 0.1) is 11.2 Å². The molecule has 0 amide bonds. The second kappa shape index (κ2) is 6.28. The highest BCUT2D eigenvalue weighted by molar-refractivity contribution is 5.89. The minimum atomic E-state index is 0.307. The van der Waals surface area contributed by atoms with Crippen molar-refractivity contribution in [2.45, 2.75) is 38.6 Å². The maximum atomic E-state index is 6.33. The molecule has 0 atom stereocenters. The summed E-state index contributed by atoms with van der Waals surface area (Å²) in [6.45, 7) is 7.96. The lowest BCUT2D eigenvalue weighted by atomic mass is 10.1. The summed E-state index contributed by atoms with van der Waals surface area (Å²) in [6.07, 6.45) is 7.85. The van der Waals surface area contributed by atoms with Crippen LogP contribution in [-0.4, -0.2) is 21.9 Å². The van der Waals surface area contributed by atoms with Crippen LogP contribution >= 0.6 is 0 Å². The van der Waals surface area contributed by atoms with Crippen molar-refractivity contribution in [2.24, 2.45) is 10.7 Å². The summed E-state index contributed by atoms with van der Waals surface area (Å²) < 4.78 is 1.90. The Morgan fingerprint density at radius 2 is 2.26 bits per heavy atom. The Labute approximate surface area is 136 Å². The molecular weight excluding hydrogens is 286 g/mol. The zero-order valence-corrected chi connectivity index (χ0v) is 13.7. The van der Waals surface area contributed by atoms with Gasteiger partial charge in [-0.2, -0.15) is 5.10 Å². The van der Waals surface area contributed by atoms with E-state index in [-0.39, 0.29) is 0 Å². The van der Waals surface area contributed by atoms with Crippen molar-refractivity contribution >= 4 is 17.4 Å². The molecule has 0 aromatic carbocycles. The molecule has 0 spiro atoms. The molecule has 5 nitrogen and oxygen atoms in total. The van der Waals surface area contributed by atoms with Gasteiger partial charge in [-0.25, -0.2) is 9.51 Å². The van der Waals surface area contributed by atoms with Crippen molar-refractivity contribution < 1.29 is 0 Å². The van der Waals surface area contributed by atoms with Crippen molar-refractivity contribution in [2.75, 3.05) is 0 Å². The topological polar surface area (TPSA) is 67.7 Å². The molecular formula is C18H23N5. The molecule has 120 valence electrons. The molecule has 1 aliphatic carbocycles. The molecule has 1 saturated carbocycles. The molecule has 0 bridgehead atoms. The molecule has 0 radical (unpaired) electrons. The first-order valence-corrected chi connectivity index (χ1v) is 7.99. The first-order chi connectivity index (χ1) is 11.1. The van der Waals surface area contributed by atoms with Crippen LogP contribution in [0.3, 0.4) is 0 Å². The number of fused-ring (bicyclic) bond motifs is 1. The van der Waals surface area contributed by atoms with Crippen LogP contribution in [0, 0.1) is 0 Å². The van der Waals surface area contributed by atoms with Crippen molar-refractivity contribution in [3.63, 3.8) is 0 Å². The summed E-state index contributed by atoms with van der Waals surface area (Å²) >= 11 is 0. The molecule has 0 saturated heterocycles. The first kappa shape index (κ1) is 15.3. The van der Waals surface area contributed by atoms with Gasteiger partial charge in [0.25, 0.3) is 0 Å². The van der Waals surface area contributed by atoms with Crippen molar-refractivity contribution in [1.29, 1.82) is 0 Å². The molecule has 0 unspecified atom stereocenters. The van der Waals surface area contributed by atoms with E-state index in [2.05, 4.69) is 16.9 Å². The molecule has 2 aromatic rings. The maximum Gasteiger partial charge on any atom is 0.118 e. The molecule has 0 aliphatic heterocycles. The number of nitrogens with two attached hydrogens (primary N) is 1. The van der Waals surface area contributed by atoms with Crippen molar-refractivity contribution in [1.82, 2.24) is 14.9 Å². The summed E-state index contributed by atoms with van der Waals surface area (Å²) in [5.74, 6) is 1.16. The van der Waals surface area contributed by atoms with Gasteiger partial charge in [0.1, 0.15) is 5.82 Å². The highest BCUT2D eigenvalue weighted by atomic mass is 15.2. The van der Waals surface area contributed by atoms with Crippen LogP contribution in [0.2, 0.25) is 0 Å². The Morgan fingerprint density at radius 3 is 2.96 bits per heavy atom. The lowest BCUT2D eigenvalue weighted by Crippen LogP contribution is -2.20. The summed E-state index contributed by atoms with van der Waals surface area (Å²) in [7, 11) is 0. The number of rotatable bonds is 6. The van der Waals surface area contributed by atoms with Gasteiger partial charge in [0.15, 0.2) is 0 Å². The molecule has 3 N–H and O–H groups in total. The monoisotopic (exact) mass is 309 g/mol. The lowest BCUT2D eigenvalue weighted by molar-refractivity contribution is 0.666. The van der Waals surface area contributed by atoms with E-state index in [0.29, 0.717) is 23.5 Å². The summed E-state index contributed by atoms with van der Waals surface area (Å²) in [6, 6.07) is 6.34. The van der Waals surface area contributed by atoms with E-state index in [1.165, 1.54) is 12.8 Å². The fourth-order valence-corrected chi connectivity index (χ4v) is 2.62. The lowest BCUT2D eigenvalue weighted by Gasteiger charge is -2.07. The number of hydrogen-bond donors (Lipinski definition) is 2. The standard InChI is InChI=1S/C18H23N5/c1-12(2)21-13(3)20-10-9-15(19)17-16-6-4-5-11-23(16)22-18(17)14-7-8-14/h4-6,9-12,14,21H,3,7-8,19H2,1-2H3/b15-9-,20-10-. The average Bonchev–Trinajstić information content (AvgIpc) is 3.26. The van der Waals surface area contributed by atoms with E-state index in [9.17, 15) is 0 Å². The van der Waals surface area contributed by atoms with Crippen LogP contribution in [0.4, 0.5) is 0 Å². The van der Waals surface area contributed by atoms with E-state index in [1.54, 1.807) is 6.21 Å². The minimum absolute atomic E-state index is 0.307. The van der Waals surface area contributed by atoms with Gasteiger partial charge in [0.2, 0.25) is 0 Å². The quantitative estimate of drug-likeness (QED) is 0.806. The molecule has 5 heteroatoms. The third-order valence-electron chi connectivity index (χ3n) is 3.76. The zero-order chi connectivity index (χ0) is 16.4. The SMILES string of the molecule is C=C(/N=C\C=C(/N)c1c(C2CC2)nn2ccccc12)NC(C)C. The molecule has 23 heavy (non-hydrogen) atoms. The Bertz CT molecular complexity index is 778. The van der Waals surface area contributed by atoms with Gasteiger partial charge >= 0.3 is 0 Å². The van der Waals surface area contributed by atoms with Crippen molar-refractivity contribution in [3.8, 4) is 0 Å². The molecule has 1 fully saturated rings. The number of nitrogens with zero attached hydrogens (tertiary/aromatic N) is 3. The van der Waals surface area contributed by atoms with E-state index in [4.69, 9.17) is 10.8 Å². The minimum Gasteiger partial charge on any atom is -0.398 e. The zero-order valence-electron chi connectivity index (χ0n) is 13.7. The smallest absolute Gasteiger partial charge is 0.118 e. The maximum absolute atomic E-state index is 6.33. The molecule has 2 heterocycles. The van der Waals surface area contributed by atoms with Crippen LogP contribution in [0.15, 0.2) is 47.9 Å². The third kappa shape index (κ3) is 3.44. The fraction of sp³-hybridized carbons (Fsp3) is 0.333. The number of aromatic nitrogens is 2. The van der Waals surface area contributed by atoms with Gasteiger partial charge in [-0.1, -0.05) is 12.6 Å². The predicted molar refractivity (Wildman–Crippen MR) is 95.2 cm³/mol. The second-order valence-electron chi connectivity index (χ2n) is 6.21. The Hall–Kier alpha value is -2.56. The summed E-state index contributed by atoms with van der Waals surface area (Å²) in [4.78, 5) is 4.27. The Morgan fingerprint density at radius 1 is 1.48 bits per heavy atom. The highest BCUT2D eigenvalue weighted by Gasteiger charge is 2.30. The number of allylic oxidation sites excluding steroid dienone is 1. The Kier molecular flexibility index (Phi) is 4.19. The van der Waals surface area contributed by atoms with E-state index >= 15 is 0 Å². The molecule has 1 aliphatic rings. The molecule has 3 rings (SSSR count). The predicted octanol–water partition coefficient (Wildman–Crippen LogP) is 3.05. The van der Waals surface area contributed by atoms with Gasteiger partial charge in [0, 0.05) is 35.6 Å². The van der Waals surface area contributed by atoms with Gasteiger partial charge in [-0.05, 0) is 44.9 Å². The summed E-state index contributed by atoms with van der Waals surface area (Å²) in [5.41, 5.74) is 10.2.